The van der Waals surface area contributed by atoms with E-state index in [0.717, 1.165) is 11.5 Å². The predicted octanol–water partition coefficient (Wildman–Crippen LogP) is 0.109. The van der Waals surface area contributed by atoms with Crippen molar-refractivity contribution in [2.45, 2.75) is 19.4 Å². The van der Waals surface area contributed by atoms with Gasteiger partial charge in [-0.2, -0.15) is 0 Å². The topological polar surface area (TPSA) is 93.9 Å². The van der Waals surface area contributed by atoms with Gasteiger partial charge in [0.1, 0.15) is 18.9 Å². The fraction of sp³-hybridized carbons (Fsp3) is 0.643. The minimum Gasteiger partial charge on any atom is -0.448 e. The Balaban J connectivity index is 1.52. The largest absolute Gasteiger partial charge is 0.448 e. The van der Waals surface area contributed by atoms with Crippen LogP contribution in [0.5, 0.6) is 0 Å². The number of rotatable bonds is 5. The Hall–Kier alpha value is -2.09. The minimum atomic E-state index is -0.438. The van der Waals surface area contributed by atoms with Crippen molar-refractivity contribution in [1.82, 2.24) is 15.4 Å². The highest BCUT2D eigenvalue weighted by Gasteiger charge is 2.32. The Bertz CT molecular complexity index is 558. The van der Waals surface area contributed by atoms with E-state index in [2.05, 4.69) is 10.5 Å². The summed E-state index contributed by atoms with van der Waals surface area (Å²) in [7, 11) is 0. The lowest BCUT2D eigenvalue weighted by Gasteiger charge is -2.19. The lowest BCUT2D eigenvalue weighted by Crippen LogP contribution is -2.45. The van der Waals surface area contributed by atoms with Crippen LogP contribution in [0, 0.1) is 12.8 Å². The van der Waals surface area contributed by atoms with Crippen molar-refractivity contribution >= 4 is 12.0 Å². The number of nitrogens with zero attached hydrogens (tertiary/aromatic N) is 2. The number of aromatic nitrogens is 1. The minimum absolute atomic E-state index is 0.0173. The zero-order valence-corrected chi connectivity index (χ0v) is 12.4. The summed E-state index contributed by atoms with van der Waals surface area (Å²) in [5.41, 5.74) is 0.835. The van der Waals surface area contributed by atoms with Crippen LogP contribution < -0.4 is 5.32 Å². The summed E-state index contributed by atoms with van der Waals surface area (Å²) in [6, 6.07) is 1.80. The zero-order chi connectivity index (χ0) is 15.5. The van der Waals surface area contributed by atoms with E-state index < -0.39 is 6.09 Å². The SMILES string of the molecule is Cc1cc(CC2COCC2NC(=O)CN2CCOC2=O)on1. The van der Waals surface area contributed by atoms with Gasteiger partial charge in [0.2, 0.25) is 5.91 Å². The van der Waals surface area contributed by atoms with Crippen molar-refractivity contribution in [1.29, 1.82) is 0 Å². The first-order chi connectivity index (χ1) is 10.6. The molecule has 0 spiro atoms. The van der Waals surface area contributed by atoms with Crippen molar-refractivity contribution in [2.75, 3.05) is 32.9 Å². The van der Waals surface area contributed by atoms with Crippen LogP contribution in [-0.4, -0.2) is 61.0 Å². The van der Waals surface area contributed by atoms with Gasteiger partial charge in [0.25, 0.3) is 0 Å². The maximum Gasteiger partial charge on any atom is 0.410 e. The van der Waals surface area contributed by atoms with Crippen LogP contribution in [-0.2, 0) is 20.7 Å². The number of cyclic esters (lactones) is 1. The molecule has 2 aliphatic rings. The lowest BCUT2D eigenvalue weighted by atomic mass is 9.98. The smallest absolute Gasteiger partial charge is 0.410 e. The number of amides is 2. The number of hydrogen-bond acceptors (Lipinski definition) is 6. The highest BCUT2D eigenvalue weighted by molar-refractivity contribution is 5.83. The third-order valence-corrected chi connectivity index (χ3v) is 3.86. The van der Waals surface area contributed by atoms with Crippen molar-refractivity contribution in [3.05, 3.63) is 17.5 Å². The summed E-state index contributed by atoms with van der Waals surface area (Å²) >= 11 is 0. The van der Waals surface area contributed by atoms with Gasteiger partial charge < -0.3 is 19.3 Å². The molecular weight excluding hydrogens is 290 g/mol. The maximum absolute atomic E-state index is 12.1. The number of carbonyl (C=O) groups excluding carboxylic acids is 2. The second kappa shape index (κ2) is 6.35. The molecule has 3 heterocycles. The second-order valence-electron chi connectivity index (χ2n) is 5.65. The van der Waals surface area contributed by atoms with Crippen LogP contribution in [0.2, 0.25) is 0 Å². The van der Waals surface area contributed by atoms with E-state index in [-0.39, 0.29) is 24.4 Å². The molecule has 3 rings (SSSR count). The van der Waals surface area contributed by atoms with Crippen molar-refractivity contribution in [3.63, 3.8) is 0 Å². The number of ether oxygens (including phenoxy) is 2. The number of nitrogens with one attached hydrogen (secondary N) is 1. The van der Waals surface area contributed by atoms with Gasteiger partial charge >= 0.3 is 6.09 Å². The molecule has 1 N–H and O–H groups in total. The first-order valence-electron chi connectivity index (χ1n) is 7.33. The molecule has 8 heteroatoms. The number of aryl methyl sites for hydroxylation is 1. The van der Waals surface area contributed by atoms with Gasteiger partial charge in [-0.05, 0) is 6.92 Å². The normalized spacial score (nSPS) is 24.6. The summed E-state index contributed by atoms with van der Waals surface area (Å²) < 4.78 is 15.5. The molecule has 120 valence electrons. The van der Waals surface area contributed by atoms with Gasteiger partial charge in [-0.1, -0.05) is 5.16 Å². The van der Waals surface area contributed by atoms with Crippen LogP contribution in [0.4, 0.5) is 4.79 Å². The van der Waals surface area contributed by atoms with Gasteiger partial charge in [-0.25, -0.2) is 4.79 Å². The molecule has 8 nitrogen and oxygen atoms in total. The van der Waals surface area contributed by atoms with Crippen LogP contribution in [0.15, 0.2) is 10.6 Å². The zero-order valence-electron chi connectivity index (χ0n) is 12.4. The van der Waals surface area contributed by atoms with Crippen LogP contribution in [0.3, 0.4) is 0 Å². The molecule has 0 radical (unpaired) electrons. The van der Waals surface area contributed by atoms with Gasteiger partial charge in [0.05, 0.1) is 31.5 Å². The average molecular weight is 309 g/mol. The molecule has 2 aliphatic heterocycles. The molecular formula is C14H19N3O5. The van der Waals surface area contributed by atoms with Crippen LogP contribution in [0.1, 0.15) is 11.5 Å². The van der Waals surface area contributed by atoms with Crippen molar-refractivity contribution < 1.29 is 23.6 Å². The Morgan fingerprint density at radius 1 is 1.50 bits per heavy atom. The highest BCUT2D eigenvalue weighted by atomic mass is 16.6. The molecule has 22 heavy (non-hydrogen) atoms. The van der Waals surface area contributed by atoms with Gasteiger partial charge in [0.15, 0.2) is 0 Å². The lowest BCUT2D eigenvalue weighted by molar-refractivity contribution is -0.122. The molecule has 2 amide bonds. The van der Waals surface area contributed by atoms with Gasteiger partial charge in [0, 0.05) is 18.4 Å². The van der Waals surface area contributed by atoms with E-state index in [1.807, 2.05) is 13.0 Å². The maximum atomic E-state index is 12.1. The average Bonchev–Trinajstić information content (AvgIpc) is 3.16. The fourth-order valence-corrected chi connectivity index (χ4v) is 2.73. The Morgan fingerprint density at radius 3 is 3.05 bits per heavy atom. The number of carbonyl (C=O) groups is 2. The molecule has 0 aliphatic carbocycles. The van der Waals surface area contributed by atoms with Crippen molar-refractivity contribution in [2.24, 2.45) is 5.92 Å². The first-order valence-corrected chi connectivity index (χ1v) is 7.33. The van der Waals surface area contributed by atoms with E-state index >= 15 is 0 Å². The van der Waals surface area contributed by atoms with E-state index in [4.69, 9.17) is 14.0 Å². The molecule has 2 fully saturated rings. The van der Waals surface area contributed by atoms with E-state index in [1.165, 1.54) is 4.90 Å². The molecule has 0 bridgehead atoms. The van der Waals surface area contributed by atoms with Crippen LogP contribution in [0.25, 0.3) is 0 Å². The van der Waals surface area contributed by atoms with E-state index in [1.54, 1.807) is 0 Å². The van der Waals surface area contributed by atoms with E-state index in [0.29, 0.717) is 32.8 Å². The predicted molar refractivity (Wildman–Crippen MR) is 74.1 cm³/mol. The summed E-state index contributed by atoms with van der Waals surface area (Å²) in [6.45, 7) is 3.71. The first kappa shape index (κ1) is 14.8. The summed E-state index contributed by atoms with van der Waals surface area (Å²) in [5.74, 6) is 0.727. The summed E-state index contributed by atoms with van der Waals surface area (Å²) in [4.78, 5) is 24.8. The second-order valence-corrected chi connectivity index (χ2v) is 5.65. The molecule has 0 aromatic carbocycles. The quantitative estimate of drug-likeness (QED) is 0.829. The molecule has 1 aromatic heterocycles. The summed E-state index contributed by atoms with van der Waals surface area (Å²) in [6.07, 6.45) is 0.226. The fourth-order valence-electron chi connectivity index (χ4n) is 2.73. The Kier molecular flexibility index (Phi) is 4.28. The van der Waals surface area contributed by atoms with Gasteiger partial charge in [-0.15, -0.1) is 0 Å². The molecule has 2 atom stereocenters. The van der Waals surface area contributed by atoms with E-state index in [9.17, 15) is 9.59 Å². The monoisotopic (exact) mass is 309 g/mol. The Labute approximate surface area is 127 Å². The highest BCUT2D eigenvalue weighted by Crippen LogP contribution is 2.19. The third kappa shape index (κ3) is 3.38. The number of hydrogen-bond donors (Lipinski definition) is 1. The Morgan fingerprint density at radius 2 is 2.36 bits per heavy atom. The molecule has 1 aromatic rings. The van der Waals surface area contributed by atoms with Crippen molar-refractivity contribution in [3.8, 4) is 0 Å². The third-order valence-electron chi connectivity index (χ3n) is 3.86. The molecule has 0 saturated carbocycles. The standard InChI is InChI=1S/C14H19N3O5/c1-9-4-11(22-16-9)5-10-7-20-8-12(10)15-13(18)6-17-2-3-21-14(17)19/h4,10,12H,2-3,5-8H2,1H3,(H,15,18). The van der Waals surface area contributed by atoms with Gasteiger partial charge in [-0.3, -0.25) is 9.69 Å². The van der Waals surface area contributed by atoms with Crippen LogP contribution >= 0.6 is 0 Å². The molecule has 2 saturated heterocycles. The summed E-state index contributed by atoms with van der Waals surface area (Å²) in [5, 5.41) is 6.79. The molecule has 2 unspecified atom stereocenters.